The normalized spacial score (nSPS) is 11.8. The van der Waals surface area contributed by atoms with Crippen LogP contribution in [0, 0.1) is 0 Å². The first-order valence-corrected chi connectivity index (χ1v) is 6.42. The van der Waals surface area contributed by atoms with Gasteiger partial charge in [0.15, 0.2) is 0 Å². The van der Waals surface area contributed by atoms with E-state index in [0.717, 1.165) is 0 Å². The third-order valence-electron chi connectivity index (χ3n) is 2.71. The Morgan fingerprint density at radius 1 is 1.25 bits per heavy atom. The van der Waals surface area contributed by atoms with Crippen molar-refractivity contribution >= 4 is 11.9 Å². The summed E-state index contributed by atoms with van der Waals surface area (Å²) in [5.41, 5.74) is 0.666. The Morgan fingerprint density at radius 2 is 1.95 bits per heavy atom. The molecule has 1 amide bonds. The zero-order valence-corrected chi connectivity index (χ0v) is 11.5. The van der Waals surface area contributed by atoms with Gasteiger partial charge in [-0.25, -0.2) is 0 Å². The molecule has 0 radical (unpaired) electrons. The lowest BCUT2D eigenvalue weighted by molar-refractivity contribution is -0.139. The highest BCUT2D eigenvalue weighted by molar-refractivity contribution is 5.77. The van der Waals surface area contributed by atoms with Crippen LogP contribution < -0.4 is 10.6 Å². The van der Waals surface area contributed by atoms with E-state index in [-0.39, 0.29) is 12.3 Å². The molecule has 0 spiro atoms. The number of aliphatic carboxylic acids is 1. The number of benzene rings is 1. The second-order valence-electron chi connectivity index (χ2n) is 4.23. The van der Waals surface area contributed by atoms with Gasteiger partial charge in [-0.15, -0.1) is 0 Å². The van der Waals surface area contributed by atoms with Gasteiger partial charge in [0.05, 0.1) is 6.61 Å². The Balaban J connectivity index is 2.37. The van der Waals surface area contributed by atoms with Crippen molar-refractivity contribution in [2.75, 3.05) is 26.8 Å². The molecule has 0 saturated heterocycles. The summed E-state index contributed by atoms with van der Waals surface area (Å²) >= 11 is 0. The van der Waals surface area contributed by atoms with Gasteiger partial charge in [-0.3, -0.25) is 9.59 Å². The van der Waals surface area contributed by atoms with Gasteiger partial charge in [0, 0.05) is 26.6 Å². The lowest BCUT2D eigenvalue weighted by atomic mass is 10.1. The zero-order chi connectivity index (χ0) is 14.8. The van der Waals surface area contributed by atoms with Gasteiger partial charge in [0.1, 0.15) is 6.04 Å². The summed E-state index contributed by atoms with van der Waals surface area (Å²) < 4.78 is 4.82. The number of carboxylic acid groups (broad SMARTS) is 1. The minimum atomic E-state index is -0.962. The van der Waals surface area contributed by atoms with E-state index >= 15 is 0 Å². The maximum Gasteiger partial charge on any atom is 0.325 e. The smallest absolute Gasteiger partial charge is 0.325 e. The molecule has 0 fully saturated rings. The highest BCUT2D eigenvalue weighted by Gasteiger charge is 2.18. The number of hydrogen-bond donors (Lipinski definition) is 3. The van der Waals surface area contributed by atoms with E-state index in [0.29, 0.717) is 25.3 Å². The summed E-state index contributed by atoms with van der Waals surface area (Å²) in [6.07, 6.45) is 0.223. The van der Waals surface area contributed by atoms with Gasteiger partial charge in [-0.2, -0.15) is 0 Å². The van der Waals surface area contributed by atoms with Crippen LogP contribution in [0.4, 0.5) is 0 Å². The molecule has 1 unspecified atom stereocenters. The fourth-order valence-electron chi connectivity index (χ4n) is 1.70. The first kappa shape index (κ1) is 16.1. The maximum absolute atomic E-state index is 11.5. The van der Waals surface area contributed by atoms with Crippen LogP contribution in [-0.4, -0.2) is 43.8 Å². The number of carbonyl (C=O) groups excluding carboxylic acids is 1. The summed E-state index contributed by atoms with van der Waals surface area (Å²) in [5, 5.41) is 14.7. The largest absolute Gasteiger partial charge is 0.480 e. The van der Waals surface area contributed by atoms with E-state index < -0.39 is 12.0 Å². The monoisotopic (exact) mass is 280 g/mol. The van der Waals surface area contributed by atoms with E-state index in [1.807, 2.05) is 6.07 Å². The van der Waals surface area contributed by atoms with E-state index in [9.17, 15) is 14.7 Å². The van der Waals surface area contributed by atoms with Gasteiger partial charge in [-0.1, -0.05) is 30.3 Å². The lowest BCUT2D eigenvalue weighted by Crippen LogP contribution is -2.33. The van der Waals surface area contributed by atoms with E-state index in [2.05, 4.69) is 10.6 Å². The Morgan fingerprint density at radius 3 is 2.55 bits per heavy atom. The molecule has 1 aromatic rings. The molecule has 0 bridgehead atoms. The molecule has 6 nitrogen and oxygen atoms in total. The number of ether oxygens (including phenoxy) is 1. The number of hydrogen-bond acceptors (Lipinski definition) is 4. The maximum atomic E-state index is 11.5. The highest BCUT2D eigenvalue weighted by atomic mass is 16.5. The van der Waals surface area contributed by atoms with Gasteiger partial charge in [0.25, 0.3) is 0 Å². The van der Waals surface area contributed by atoms with Crippen LogP contribution in [0.15, 0.2) is 30.3 Å². The van der Waals surface area contributed by atoms with Crippen molar-refractivity contribution < 1.29 is 19.4 Å². The van der Waals surface area contributed by atoms with Gasteiger partial charge in [-0.05, 0) is 5.56 Å². The molecule has 110 valence electrons. The van der Waals surface area contributed by atoms with Crippen molar-refractivity contribution in [2.24, 2.45) is 0 Å². The molecule has 6 heteroatoms. The fraction of sp³-hybridized carbons (Fsp3) is 0.429. The van der Waals surface area contributed by atoms with Crippen molar-refractivity contribution in [3.8, 4) is 0 Å². The van der Waals surface area contributed by atoms with Gasteiger partial charge in [0.2, 0.25) is 5.91 Å². The van der Waals surface area contributed by atoms with E-state index in [1.165, 1.54) is 0 Å². The third-order valence-corrected chi connectivity index (χ3v) is 2.71. The molecule has 0 aromatic heterocycles. The molecule has 1 rings (SSSR count). The van der Waals surface area contributed by atoms with Crippen LogP contribution in [0.3, 0.4) is 0 Å². The molecule has 1 atom stereocenters. The number of rotatable bonds is 9. The molecule has 0 saturated carbocycles. The molecule has 0 aliphatic rings. The first-order valence-electron chi connectivity index (χ1n) is 6.42. The summed E-state index contributed by atoms with van der Waals surface area (Å²) in [7, 11) is 1.56. The number of carbonyl (C=O) groups is 2. The topological polar surface area (TPSA) is 87.7 Å². The summed E-state index contributed by atoms with van der Waals surface area (Å²) in [6, 6.07) is 8.07. The average molecular weight is 280 g/mol. The highest BCUT2D eigenvalue weighted by Crippen LogP contribution is 2.12. The van der Waals surface area contributed by atoms with Crippen LogP contribution in [-0.2, 0) is 14.3 Å². The van der Waals surface area contributed by atoms with E-state index in [4.69, 9.17) is 4.74 Å². The minimum Gasteiger partial charge on any atom is -0.480 e. The lowest BCUT2D eigenvalue weighted by Gasteiger charge is -2.14. The SMILES string of the molecule is COCCNC(=O)CCNC(C(=O)O)c1ccccc1. The number of carboxylic acids is 1. The molecule has 0 aliphatic heterocycles. The molecule has 20 heavy (non-hydrogen) atoms. The average Bonchev–Trinajstić information content (AvgIpc) is 2.44. The van der Waals surface area contributed by atoms with Crippen molar-refractivity contribution in [3.05, 3.63) is 35.9 Å². The standard InChI is InChI=1S/C14H20N2O4/c1-20-10-9-15-12(17)7-8-16-13(14(18)19)11-5-3-2-4-6-11/h2-6,13,16H,7-10H2,1H3,(H,15,17)(H,18,19). The van der Waals surface area contributed by atoms with Crippen molar-refractivity contribution in [2.45, 2.75) is 12.5 Å². The summed E-state index contributed by atoms with van der Waals surface area (Å²) in [6.45, 7) is 1.21. The Labute approximate surface area is 118 Å². The minimum absolute atomic E-state index is 0.133. The Kier molecular flexibility index (Phi) is 7.31. The predicted octanol–water partition coefficient (Wildman–Crippen LogP) is 0.555. The predicted molar refractivity (Wildman–Crippen MR) is 74.3 cm³/mol. The van der Waals surface area contributed by atoms with Crippen LogP contribution >= 0.6 is 0 Å². The number of amides is 1. The summed E-state index contributed by atoms with van der Waals surface area (Å²) in [5.74, 6) is -1.09. The number of methoxy groups -OCH3 is 1. The second kappa shape index (κ2) is 9.06. The molecular formula is C14H20N2O4. The molecule has 3 N–H and O–H groups in total. The Bertz CT molecular complexity index is 422. The van der Waals surface area contributed by atoms with Crippen LogP contribution in [0.1, 0.15) is 18.0 Å². The second-order valence-corrected chi connectivity index (χ2v) is 4.23. The Hall–Kier alpha value is -1.92. The molecule has 0 aliphatic carbocycles. The van der Waals surface area contributed by atoms with Crippen molar-refractivity contribution in [1.82, 2.24) is 10.6 Å². The third kappa shape index (κ3) is 5.81. The van der Waals surface area contributed by atoms with Crippen molar-refractivity contribution in [3.63, 3.8) is 0 Å². The quantitative estimate of drug-likeness (QED) is 0.575. The zero-order valence-electron chi connectivity index (χ0n) is 11.5. The van der Waals surface area contributed by atoms with Crippen molar-refractivity contribution in [1.29, 1.82) is 0 Å². The van der Waals surface area contributed by atoms with Crippen LogP contribution in [0.2, 0.25) is 0 Å². The number of nitrogens with one attached hydrogen (secondary N) is 2. The van der Waals surface area contributed by atoms with Crippen LogP contribution in [0.25, 0.3) is 0 Å². The first-order chi connectivity index (χ1) is 9.65. The molecule has 0 heterocycles. The fourth-order valence-corrected chi connectivity index (χ4v) is 1.70. The molecular weight excluding hydrogens is 260 g/mol. The van der Waals surface area contributed by atoms with Gasteiger partial charge >= 0.3 is 5.97 Å². The van der Waals surface area contributed by atoms with Crippen LogP contribution in [0.5, 0.6) is 0 Å². The molecule has 1 aromatic carbocycles. The van der Waals surface area contributed by atoms with Gasteiger partial charge < -0.3 is 20.5 Å². The van der Waals surface area contributed by atoms with E-state index in [1.54, 1.807) is 31.4 Å². The summed E-state index contributed by atoms with van der Waals surface area (Å²) in [4.78, 5) is 22.7.